The van der Waals surface area contributed by atoms with Crippen molar-refractivity contribution in [2.24, 2.45) is 0 Å². The van der Waals surface area contributed by atoms with Crippen LogP contribution in [0.1, 0.15) is 41.0 Å². The van der Waals surface area contributed by atoms with E-state index in [1.54, 1.807) is 7.11 Å². The predicted molar refractivity (Wildman–Crippen MR) is 167 cm³/mol. The summed E-state index contributed by atoms with van der Waals surface area (Å²) in [5, 5.41) is 3.54. The highest BCUT2D eigenvalue weighted by Crippen LogP contribution is 2.34. The smallest absolute Gasteiger partial charge is 0.142 e. The number of rotatable bonds is 12. The summed E-state index contributed by atoms with van der Waals surface area (Å²) in [6.45, 7) is 9.59. The zero-order valence-corrected chi connectivity index (χ0v) is 24.9. The van der Waals surface area contributed by atoms with Gasteiger partial charge in [0.15, 0.2) is 0 Å². The molecule has 1 N–H and O–H groups in total. The maximum absolute atomic E-state index is 6.57. The van der Waals surface area contributed by atoms with Crippen LogP contribution >= 0.6 is 0 Å². The second-order valence-electron chi connectivity index (χ2n) is 11.6. The molecule has 0 spiro atoms. The summed E-state index contributed by atoms with van der Waals surface area (Å²) in [4.78, 5) is 4.89. The van der Waals surface area contributed by atoms with E-state index in [2.05, 4.69) is 81.8 Å². The molecule has 3 heterocycles. The first kappa shape index (κ1) is 29.0. The van der Waals surface area contributed by atoms with Crippen molar-refractivity contribution in [3.63, 3.8) is 0 Å². The topological polar surface area (TPSA) is 55.4 Å². The summed E-state index contributed by atoms with van der Waals surface area (Å²) < 4.78 is 23.9. The van der Waals surface area contributed by atoms with E-state index in [-0.39, 0.29) is 6.10 Å². The fourth-order valence-corrected chi connectivity index (χ4v) is 6.48. The van der Waals surface area contributed by atoms with E-state index >= 15 is 0 Å². The maximum atomic E-state index is 6.57. The van der Waals surface area contributed by atoms with Crippen LogP contribution in [0.4, 0.5) is 5.69 Å². The van der Waals surface area contributed by atoms with E-state index in [0.29, 0.717) is 19.1 Å². The number of nitrogens with one attached hydrogen (secondary N) is 1. The second-order valence-corrected chi connectivity index (χ2v) is 11.6. The number of ether oxygens (including phenoxy) is 4. The third-order valence-electron chi connectivity index (χ3n) is 8.84. The highest BCUT2D eigenvalue weighted by molar-refractivity contribution is 5.61. The second kappa shape index (κ2) is 14.4. The highest BCUT2D eigenvalue weighted by atomic mass is 16.5. The van der Waals surface area contributed by atoms with Crippen LogP contribution in [0.25, 0.3) is 0 Å². The van der Waals surface area contributed by atoms with Crippen LogP contribution in [0.15, 0.2) is 66.7 Å². The van der Waals surface area contributed by atoms with E-state index in [9.17, 15) is 0 Å². The zero-order valence-electron chi connectivity index (χ0n) is 24.9. The molecular weight excluding hydrogens is 526 g/mol. The molecular formula is C35H45N3O4. The first-order valence-corrected chi connectivity index (χ1v) is 15.6. The summed E-state index contributed by atoms with van der Waals surface area (Å²) >= 11 is 0. The first-order valence-electron chi connectivity index (χ1n) is 15.6. The molecule has 42 heavy (non-hydrogen) atoms. The van der Waals surface area contributed by atoms with Crippen molar-refractivity contribution in [3.8, 4) is 11.5 Å². The van der Waals surface area contributed by atoms with E-state index in [1.807, 2.05) is 0 Å². The standard InChI is InChI=1S/C35H45N3O4/c1-39-20-4-16-38-19-22-41-34-12-7-27(23-33(34)38)26-42-35-24-36-15-13-32(35)29-8-10-31(11-9-29)40-21-18-37-17-14-28-5-2-3-6-30(28)25-37/h2-3,5-12,23,32,35-36H,4,13-22,24-26H2,1H3/t32-,35+/m1/s1. The Balaban J connectivity index is 1.01. The Hall–Kier alpha value is -3.10. The molecule has 3 aromatic rings. The SMILES string of the molecule is COCCCN1CCOc2ccc(CO[C@H]3CNCC[C@@H]3c3ccc(OCCN4CCc5ccccc5C4)cc3)cc21. The Morgan fingerprint density at radius 1 is 0.952 bits per heavy atom. The van der Waals surface area contributed by atoms with Crippen molar-refractivity contribution < 1.29 is 18.9 Å². The Kier molecular flexibility index (Phi) is 9.93. The van der Waals surface area contributed by atoms with Gasteiger partial charge in [-0.25, -0.2) is 0 Å². The number of benzene rings is 3. The molecule has 7 nitrogen and oxygen atoms in total. The van der Waals surface area contributed by atoms with Gasteiger partial charge in [-0.05, 0) is 72.3 Å². The van der Waals surface area contributed by atoms with Crippen molar-refractivity contribution in [2.45, 2.75) is 44.4 Å². The Bertz CT molecular complexity index is 1280. The van der Waals surface area contributed by atoms with Gasteiger partial charge in [0.2, 0.25) is 0 Å². The molecule has 0 aliphatic carbocycles. The zero-order chi connectivity index (χ0) is 28.6. The highest BCUT2D eigenvalue weighted by Gasteiger charge is 2.28. The predicted octanol–water partition coefficient (Wildman–Crippen LogP) is 5.02. The molecule has 1 fully saturated rings. The number of fused-ring (bicyclic) bond motifs is 2. The number of methoxy groups -OCH3 is 1. The number of anilines is 1. The van der Waals surface area contributed by atoms with Crippen molar-refractivity contribution in [2.75, 3.05) is 71.1 Å². The number of hydrogen-bond donors (Lipinski definition) is 1. The molecule has 0 unspecified atom stereocenters. The Morgan fingerprint density at radius 3 is 2.71 bits per heavy atom. The van der Waals surface area contributed by atoms with Crippen LogP contribution in [0.3, 0.4) is 0 Å². The van der Waals surface area contributed by atoms with E-state index < -0.39 is 0 Å². The minimum Gasteiger partial charge on any atom is -0.492 e. The molecule has 3 aromatic carbocycles. The molecule has 224 valence electrons. The van der Waals surface area contributed by atoms with Crippen molar-refractivity contribution in [1.82, 2.24) is 10.2 Å². The van der Waals surface area contributed by atoms with Gasteiger partial charge < -0.3 is 29.2 Å². The molecule has 6 rings (SSSR count). The third kappa shape index (κ3) is 7.27. The molecule has 1 saturated heterocycles. The summed E-state index contributed by atoms with van der Waals surface area (Å²) in [7, 11) is 1.76. The van der Waals surface area contributed by atoms with Gasteiger partial charge in [-0.15, -0.1) is 0 Å². The minimum atomic E-state index is 0.123. The van der Waals surface area contributed by atoms with E-state index in [1.165, 1.54) is 22.3 Å². The van der Waals surface area contributed by atoms with Gasteiger partial charge in [0, 0.05) is 52.4 Å². The van der Waals surface area contributed by atoms with Gasteiger partial charge in [-0.2, -0.15) is 0 Å². The van der Waals surface area contributed by atoms with Crippen LogP contribution in [0.5, 0.6) is 11.5 Å². The van der Waals surface area contributed by atoms with Gasteiger partial charge in [0.25, 0.3) is 0 Å². The summed E-state index contributed by atoms with van der Waals surface area (Å²) in [5.41, 5.74) is 6.61. The Labute approximate surface area is 250 Å². The average molecular weight is 572 g/mol. The van der Waals surface area contributed by atoms with Crippen LogP contribution in [0.2, 0.25) is 0 Å². The normalized spacial score (nSPS) is 20.5. The molecule has 2 atom stereocenters. The van der Waals surface area contributed by atoms with Crippen molar-refractivity contribution >= 4 is 5.69 Å². The lowest BCUT2D eigenvalue weighted by Crippen LogP contribution is -2.41. The number of piperidine rings is 1. The van der Waals surface area contributed by atoms with E-state index in [0.717, 1.165) is 95.5 Å². The van der Waals surface area contributed by atoms with Gasteiger partial charge in [-0.1, -0.05) is 42.5 Å². The molecule has 0 saturated carbocycles. The lowest BCUT2D eigenvalue weighted by atomic mass is 9.87. The lowest BCUT2D eigenvalue weighted by Gasteiger charge is -2.33. The lowest BCUT2D eigenvalue weighted by molar-refractivity contribution is 0.0106. The molecule has 7 heteroatoms. The summed E-state index contributed by atoms with van der Waals surface area (Å²) in [6, 6.07) is 24.0. The van der Waals surface area contributed by atoms with Crippen LogP contribution in [0, 0.1) is 0 Å². The van der Waals surface area contributed by atoms with Crippen molar-refractivity contribution in [3.05, 3.63) is 89.0 Å². The minimum absolute atomic E-state index is 0.123. The van der Waals surface area contributed by atoms with Gasteiger partial charge in [-0.3, -0.25) is 4.90 Å². The molecule has 0 aromatic heterocycles. The maximum Gasteiger partial charge on any atom is 0.142 e. The molecule has 0 bridgehead atoms. The van der Waals surface area contributed by atoms with Gasteiger partial charge in [0.05, 0.1) is 24.9 Å². The first-order chi connectivity index (χ1) is 20.8. The van der Waals surface area contributed by atoms with Crippen LogP contribution < -0.4 is 19.7 Å². The Morgan fingerprint density at radius 2 is 1.83 bits per heavy atom. The fourth-order valence-electron chi connectivity index (χ4n) is 6.48. The average Bonchev–Trinajstić information content (AvgIpc) is 3.04. The number of hydrogen-bond acceptors (Lipinski definition) is 7. The molecule has 0 amide bonds. The fraction of sp³-hybridized carbons (Fsp3) is 0.486. The molecule has 3 aliphatic heterocycles. The van der Waals surface area contributed by atoms with Crippen LogP contribution in [-0.4, -0.2) is 77.2 Å². The third-order valence-corrected chi connectivity index (χ3v) is 8.84. The summed E-state index contributed by atoms with van der Waals surface area (Å²) in [5.74, 6) is 2.26. The monoisotopic (exact) mass is 571 g/mol. The quantitative estimate of drug-likeness (QED) is 0.307. The molecule has 3 aliphatic rings. The van der Waals surface area contributed by atoms with Crippen LogP contribution in [-0.2, 0) is 29.0 Å². The molecule has 0 radical (unpaired) electrons. The van der Waals surface area contributed by atoms with Crippen molar-refractivity contribution in [1.29, 1.82) is 0 Å². The number of nitrogens with zero attached hydrogens (tertiary/aromatic N) is 2. The summed E-state index contributed by atoms with van der Waals surface area (Å²) in [6.07, 6.45) is 3.31. The van der Waals surface area contributed by atoms with E-state index in [4.69, 9.17) is 18.9 Å². The van der Waals surface area contributed by atoms with Gasteiger partial charge in [0.1, 0.15) is 24.7 Å². The largest absolute Gasteiger partial charge is 0.492 e. The van der Waals surface area contributed by atoms with Gasteiger partial charge >= 0.3 is 0 Å².